The van der Waals surface area contributed by atoms with E-state index in [-0.39, 0.29) is 30.1 Å². The number of aliphatic imine (C=N–C) groups is 1. The number of benzene rings is 1. The molecule has 0 radical (unpaired) electrons. The molecule has 33 heavy (non-hydrogen) atoms. The van der Waals surface area contributed by atoms with E-state index in [0.29, 0.717) is 19.8 Å². The molecular formula is C23H37IN6O3. The summed E-state index contributed by atoms with van der Waals surface area (Å²) in [5.41, 5.74) is 1.17. The molecule has 1 fully saturated rings. The molecule has 0 bridgehead atoms. The van der Waals surface area contributed by atoms with Gasteiger partial charge in [-0.25, -0.2) is 4.99 Å². The van der Waals surface area contributed by atoms with Crippen molar-refractivity contribution in [1.29, 1.82) is 0 Å². The third-order valence-corrected chi connectivity index (χ3v) is 5.40. The molecule has 1 aliphatic heterocycles. The second-order valence-corrected chi connectivity index (χ2v) is 7.73. The van der Waals surface area contributed by atoms with Crippen LogP contribution in [0.5, 0.6) is 11.5 Å². The van der Waals surface area contributed by atoms with E-state index < -0.39 is 0 Å². The van der Waals surface area contributed by atoms with Crippen molar-refractivity contribution in [2.75, 3.05) is 32.9 Å². The highest BCUT2D eigenvalue weighted by Gasteiger charge is 2.16. The van der Waals surface area contributed by atoms with Gasteiger partial charge in [0.1, 0.15) is 12.4 Å². The normalized spacial score (nSPS) is 15.8. The van der Waals surface area contributed by atoms with Crippen molar-refractivity contribution in [3.8, 4) is 11.5 Å². The molecule has 0 saturated carbocycles. The van der Waals surface area contributed by atoms with Gasteiger partial charge in [-0.05, 0) is 57.7 Å². The van der Waals surface area contributed by atoms with Gasteiger partial charge in [0.05, 0.1) is 19.3 Å². The second-order valence-electron chi connectivity index (χ2n) is 7.73. The maximum Gasteiger partial charge on any atom is 0.191 e. The molecule has 1 atom stereocenters. The lowest BCUT2D eigenvalue weighted by Crippen LogP contribution is -2.42. The van der Waals surface area contributed by atoms with E-state index in [1.54, 1.807) is 0 Å². The lowest BCUT2D eigenvalue weighted by atomic mass is 10.1. The fourth-order valence-electron chi connectivity index (χ4n) is 3.50. The summed E-state index contributed by atoms with van der Waals surface area (Å²) in [5.74, 6) is 4.02. The Labute approximate surface area is 213 Å². The average molecular weight is 572 g/mol. The lowest BCUT2D eigenvalue weighted by molar-refractivity contribution is 0.114. The maximum atomic E-state index is 5.74. The Morgan fingerprint density at radius 1 is 1.18 bits per heavy atom. The highest BCUT2D eigenvalue weighted by Crippen LogP contribution is 2.28. The van der Waals surface area contributed by atoms with Gasteiger partial charge in [0.2, 0.25) is 0 Å². The average Bonchev–Trinajstić information content (AvgIpc) is 3.42. The Kier molecular flexibility index (Phi) is 11.7. The number of aryl methyl sites for hydroxylation is 1. The number of guanidine groups is 1. The molecule has 1 unspecified atom stereocenters. The van der Waals surface area contributed by atoms with E-state index in [0.717, 1.165) is 68.1 Å². The van der Waals surface area contributed by atoms with Gasteiger partial charge in [0.15, 0.2) is 23.3 Å². The van der Waals surface area contributed by atoms with Crippen molar-refractivity contribution < 1.29 is 14.2 Å². The fraction of sp³-hybridized carbons (Fsp3) is 0.609. The SMILES string of the molecule is CCOc1ccc(CCNC(=NCc2nnc(C)n2C)NCC2CCCO2)cc1OCC.I. The van der Waals surface area contributed by atoms with Crippen LogP contribution >= 0.6 is 24.0 Å². The number of nitrogens with zero attached hydrogens (tertiary/aromatic N) is 4. The Balaban J connectivity index is 0.00000385. The van der Waals surface area contributed by atoms with Crippen LogP contribution in [0.15, 0.2) is 23.2 Å². The summed E-state index contributed by atoms with van der Waals surface area (Å²) < 4.78 is 19.1. The molecule has 0 spiro atoms. The first kappa shape index (κ1) is 27.2. The number of rotatable bonds is 11. The molecule has 184 valence electrons. The van der Waals surface area contributed by atoms with Crippen molar-refractivity contribution in [2.24, 2.45) is 12.0 Å². The summed E-state index contributed by atoms with van der Waals surface area (Å²) in [7, 11) is 1.95. The van der Waals surface area contributed by atoms with Crippen LogP contribution in [0, 0.1) is 6.92 Å². The first-order valence-corrected chi connectivity index (χ1v) is 11.5. The Morgan fingerprint density at radius 2 is 1.97 bits per heavy atom. The molecule has 9 nitrogen and oxygen atoms in total. The second kappa shape index (κ2) is 14.2. The number of aromatic nitrogens is 3. The standard InChI is InChI=1S/C23H36N6O3.HI/c1-5-30-20-10-9-18(14-21(20)31-6-2)11-12-24-23(25-15-19-8-7-13-32-19)26-16-22-28-27-17(3)29(22)4;/h9-10,14,19H,5-8,11-13,15-16H2,1-4H3,(H2,24,25,26);1H. The van der Waals surface area contributed by atoms with Crippen LogP contribution in [0.1, 0.15) is 43.9 Å². The summed E-state index contributed by atoms with van der Waals surface area (Å²) >= 11 is 0. The monoisotopic (exact) mass is 572 g/mol. The summed E-state index contributed by atoms with van der Waals surface area (Å²) in [6.07, 6.45) is 3.26. The van der Waals surface area contributed by atoms with Gasteiger partial charge in [-0.1, -0.05) is 6.07 Å². The molecule has 3 rings (SSSR count). The van der Waals surface area contributed by atoms with Crippen LogP contribution in [-0.4, -0.2) is 59.7 Å². The first-order chi connectivity index (χ1) is 15.6. The predicted octanol–water partition coefficient (Wildman–Crippen LogP) is 3.00. The molecular weight excluding hydrogens is 535 g/mol. The van der Waals surface area contributed by atoms with E-state index in [1.807, 2.05) is 38.5 Å². The highest BCUT2D eigenvalue weighted by molar-refractivity contribution is 14.0. The largest absolute Gasteiger partial charge is 0.490 e. The molecule has 0 aliphatic carbocycles. The minimum atomic E-state index is 0. The van der Waals surface area contributed by atoms with Crippen molar-refractivity contribution in [2.45, 2.75) is 52.7 Å². The number of nitrogens with one attached hydrogen (secondary N) is 2. The molecule has 1 aliphatic rings. The zero-order valence-electron chi connectivity index (χ0n) is 20.1. The minimum Gasteiger partial charge on any atom is -0.490 e. The zero-order valence-corrected chi connectivity index (χ0v) is 22.4. The minimum absolute atomic E-state index is 0. The third-order valence-electron chi connectivity index (χ3n) is 5.40. The lowest BCUT2D eigenvalue weighted by Gasteiger charge is -2.16. The molecule has 2 aromatic rings. The van der Waals surface area contributed by atoms with E-state index in [2.05, 4.69) is 33.0 Å². The molecule has 10 heteroatoms. The summed E-state index contributed by atoms with van der Waals surface area (Å²) in [6.45, 7) is 9.86. The maximum absolute atomic E-state index is 5.74. The van der Waals surface area contributed by atoms with E-state index in [4.69, 9.17) is 19.2 Å². The first-order valence-electron chi connectivity index (χ1n) is 11.5. The van der Waals surface area contributed by atoms with E-state index >= 15 is 0 Å². The number of hydrogen-bond donors (Lipinski definition) is 2. The Morgan fingerprint density at radius 3 is 2.64 bits per heavy atom. The molecule has 0 amide bonds. The van der Waals surface area contributed by atoms with Gasteiger partial charge in [-0.15, -0.1) is 34.2 Å². The van der Waals surface area contributed by atoms with E-state index in [9.17, 15) is 0 Å². The molecule has 2 heterocycles. The van der Waals surface area contributed by atoms with Gasteiger partial charge in [-0.3, -0.25) is 0 Å². The zero-order chi connectivity index (χ0) is 22.8. The smallest absolute Gasteiger partial charge is 0.191 e. The number of ether oxygens (including phenoxy) is 3. The summed E-state index contributed by atoms with van der Waals surface area (Å²) in [6, 6.07) is 6.11. The van der Waals surface area contributed by atoms with Crippen LogP contribution in [-0.2, 0) is 24.8 Å². The Hall–Kier alpha value is -2.08. The number of hydrogen-bond acceptors (Lipinski definition) is 6. The van der Waals surface area contributed by atoms with E-state index in [1.165, 1.54) is 5.56 Å². The van der Waals surface area contributed by atoms with Crippen molar-refractivity contribution in [3.63, 3.8) is 0 Å². The molecule has 1 saturated heterocycles. The van der Waals surface area contributed by atoms with Crippen LogP contribution in [0.2, 0.25) is 0 Å². The van der Waals surface area contributed by atoms with Crippen molar-refractivity contribution in [1.82, 2.24) is 25.4 Å². The molecule has 2 N–H and O–H groups in total. The number of halogens is 1. The van der Waals surface area contributed by atoms with Gasteiger partial charge < -0.3 is 29.4 Å². The van der Waals surface area contributed by atoms with Crippen LogP contribution in [0.25, 0.3) is 0 Å². The van der Waals surface area contributed by atoms with Crippen LogP contribution in [0.3, 0.4) is 0 Å². The van der Waals surface area contributed by atoms with Gasteiger partial charge in [0.25, 0.3) is 0 Å². The fourth-order valence-corrected chi connectivity index (χ4v) is 3.50. The predicted molar refractivity (Wildman–Crippen MR) is 140 cm³/mol. The van der Waals surface area contributed by atoms with Gasteiger partial charge >= 0.3 is 0 Å². The van der Waals surface area contributed by atoms with Crippen molar-refractivity contribution in [3.05, 3.63) is 35.4 Å². The van der Waals surface area contributed by atoms with Crippen molar-refractivity contribution >= 4 is 29.9 Å². The topological polar surface area (TPSA) is 94.8 Å². The van der Waals surface area contributed by atoms with Crippen LogP contribution in [0.4, 0.5) is 0 Å². The molecule has 1 aromatic carbocycles. The summed E-state index contributed by atoms with van der Waals surface area (Å²) in [4.78, 5) is 4.72. The van der Waals surface area contributed by atoms with Crippen LogP contribution < -0.4 is 20.1 Å². The quantitative estimate of drug-likeness (QED) is 0.243. The Bertz CT molecular complexity index is 883. The highest BCUT2D eigenvalue weighted by atomic mass is 127. The van der Waals surface area contributed by atoms with Gasteiger partial charge in [-0.2, -0.15) is 0 Å². The summed E-state index contributed by atoms with van der Waals surface area (Å²) in [5, 5.41) is 15.2. The molecule has 1 aromatic heterocycles. The van der Waals surface area contributed by atoms with Gasteiger partial charge in [0, 0.05) is 26.7 Å². The third kappa shape index (κ3) is 8.33.